The molecule has 1 amide bonds. The Labute approximate surface area is 66.9 Å². The van der Waals surface area contributed by atoms with E-state index in [2.05, 4.69) is 6.58 Å². The largest absolute Gasteiger partial charge is 0.341 e. The van der Waals surface area contributed by atoms with Crippen LogP contribution in [0.15, 0.2) is 12.7 Å². The first kappa shape index (κ1) is 8.27. The van der Waals surface area contributed by atoms with Crippen molar-refractivity contribution in [1.29, 1.82) is 0 Å². The third kappa shape index (κ3) is 1.80. The molecule has 1 aliphatic heterocycles. The maximum absolute atomic E-state index is 11.2. The van der Waals surface area contributed by atoms with Crippen molar-refractivity contribution >= 4 is 5.91 Å². The smallest absolute Gasteiger partial charge is 0.223 e. The van der Waals surface area contributed by atoms with E-state index in [0.29, 0.717) is 25.4 Å². The van der Waals surface area contributed by atoms with Crippen molar-refractivity contribution in [2.45, 2.75) is 6.42 Å². The monoisotopic (exact) mass is 154 g/mol. The molecule has 0 radical (unpaired) electrons. The molecular weight excluding hydrogens is 140 g/mol. The fourth-order valence-electron chi connectivity index (χ4n) is 1.33. The van der Waals surface area contributed by atoms with Crippen LogP contribution < -0.4 is 5.73 Å². The molecule has 11 heavy (non-hydrogen) atoms. The third-order valence-corrected chi connectivity index (χ3v) is 1.98. The number of amides is 1. The number of carbonyl (C=O) groups excluding carboxylic acids is 1. The second-order valence-electron chi connectivity index (χ2n) is 2.83. The number of nitrogens with zero attached hydrogens (tertiary/aromatic N) is 1. The van der Waals surface area contributed by atoms with Crippen LogP contribution in [0.2, 0.25) is 0 Å². The fraction of sp³-hybridized carbons (Fsp3) is 0.625. The first-order valence-corrected chi connectivity index (χ1v) is 3.88. The molecule has 1 unspecified atom stereocenters. The summed E-state index contributed by atoms with van der Waals surface area (Å²) in [6.07, 6.45) is 2.46. The molecule has 1 fully saturated rings. The molecule has 1 saturated heterocycles. The summed E-state index contributed by atoms with van der Waals surface area (Å²) in [7, 11) is 0. The van der Waals surface area contributed by atoms with E-state index in [1.807, 2.05) is 6.08 Å². The molecule has 0 saturated carbocycles. The zero-order chi connectivity index (χ0) is 8.27. The van der Waals surface area contributed by atoms with Crippen molar-refractivity contribution in [1.82, 2.24) is 4.90 Å². The molecule has 0 aromatic heterocycles. The van der Waals surface area contributed by atoms with E-state index in [-0.39, 0.29) is 5.91 Å². The van der Waals surface area contributed by atoms with Gasteiger partial charge >= 0.3 is 0 Å². The predicted octanol–water partition coefficient (Wildman–Crippen LogP) is -0.0204. The fourth-order valence-corrected chi connectivity index (χ4v) is 1.33. The lowest BCUT2D eigenvalue weighted by atomic mass is 10.1. The van der Waals surface area contributed by atoms with Gasteiger partial charge in [0.05, 0.1) is 0 Å². The number of hydrogen-bond donors (Lipinski definition) is 1. The summed E-state index contributed by atoms with van der Waals surface area (Å²) >= 11 is 0. The van der Waals surface area contributed by atoms with E-state index in [0.717, 1.165) is 6.54 Å². The summed E-state index contributed by atoms with van der Waals surface area (Å²) < 4.78 is 0. The van der Waals surface area contributed by atoms with E-state index in [1.54, 1.807) is 4.90 Å². The Balaban J connectivity index is 2.44. The van der Waals surface area contributed by atoms with Gasteiger partial charge in [-0.1, -0.05) is 6.08 Å². The van der Waals surface area contributed by atoms with Crippen LogP contribution in [0.3, 0.4) is 0 Å². The predicted molar refractivity (Wildman–Crippen MR) is 43.9 cm³/mol. The molecule has 1 heterocycles. The van der Waals surface area contributed by atoms with Crippen LogP contribution in [0.1, 0.15) is 6.42 Å². The molecule has 2 N–H and O–H groups in total. The van der Waals surface area contributed by atoms with Gasteiger partial charge in [-0.2, -0.15) is 0 Å². The van der Waals surface area contributed by atoms with Crippen molar-refractivity contribution in [3.05, 3.63) is 12.7 Å². The van der Waals surface area contributed by atoms with Crippen LogP contribution in [0, 0.1) is 5.92 Å². The van der Waals surface area contributed by atoms with E-state index in [9.17, 15) is 4.79 Å². The standard InChI is InChI=1S/C8H14N2O/c1-2-7-5-8(11)10(6-7)4-3-9/h2,7H,1,3-6,9H2. The van der Waals surface area contributed by atoms with Gasteiger partial charge in [-0.3, -0.25) is 4.79 Å². The molecule has 0 aromatic rings. The zero-order valence-corrected chi connectivity index (χ0v) is 6.62. The highest BCUT2D eigenvalue weighted by Crippen LogP contribution is 2.17. The van der Waals surface area contributed by atoms with Crippen LogP contribution in [-0.4, -0.2) is 30.4 Å². The Morgan fingerprint density at radius 2 is 2.55 bits per heavy atom. The summed E-state index contributed by atoms with van der Waals surface area (Å²) in [5.74, 6) is 0.550. The highest BCUT2D eigenvalue weighted by Gasteiger charge is 2.26. The number of carbonyl (C=O) groups is 1. The molecular formula is C8H14N2O. The van der Waals surface area contributed by atoms with Crippen molar-refractivity contribution in [3.8, 4) is 0 Å². The van der Waals surface area contributed by atoms with Crippen LogP contribution in [0.25, 0.3) is 0 Å². The van der Waals surface area contributed by atoms with Gasteiger partial charge in [0, 0.05) is 32.0 Å². The van der Waals surface area contributed by atoms with Crippen molar-refractivity contribution < 1.29 is 4.79 Å². The summed E-state index contributed by atoms with van der Waals surface area (Å²) in [5, 5.41) is 0. The second-order valence-corrected chi connectivity index (χ2v) is 2.83. The lowest BCUT2D eigenvalue weighted by molar-refractivity contribution is -0.127. The number of likely N-dealkylation sites (tertiary alicyclic amines) is 1. The average Bonchev–Trinajstić information content (AvgIpc) is 2.33. The van der Waals surface area contributed by atoms with E-state index >= 15 is 0 Å². The van der Waals surface area contributed by atoms with Gasteiger partial charge in [-0.25, -0.2) is 0 Å². The normalized spacial score (nSPS) is 24.3. The minimum Gasteiger partial charge on any atom is -0.341 e. The van der Waals surface area contributed by atoms with Crippen LogP contribution in [-0.2, 0) is 4.79 Å². The quantitative estimate of drug-likeness (QED) is 0.581. The molecule has 1 rings (SSSR count). The van der Waals surface area contributed by atoms with Gasteiger partial charge in [0.15, 0.2) is 0 Å². The molecule has 62 valence electrons. The highest BCUT2D eigenvalue weighted by molar-refractivity contribution is 5.78. The summed E-state index contributed by atoms with van der Waals surface area (Å²) in [6, 6.07) is 0. The molecule has 0 spiro atoms. The Kier molecular flexibility index (Phi) is 2.65. The maximum Gasteiger partial charge on any atom is 0.223 e. The molecule has 1 aliphatic rings. The van der Waals surface area contributed by atoms with Gasteiger partial charge in [0.25, 0.3) is 0 Å². The van der Waals surface area contributed by atoms with E-state index in [4.69, 9.17) is 5.73 Å². The lowest BCUT2D eigenvalue weighted by Crippen LogP contribution is -2.30. The van der Waals surface area contributed by atoms with Gasteiger partial charge in [-0.15, -0.1) is 6.58 Å². The molecule has 1 atom stereocenters. The van der Waals surface area contributed by atoms with Crippen LogP contribution >= 0.6 is 0 Å². The Hall–Kier alpha value is -0.830. The molecule has 0 aliphatic carbocycles. The average molecular weight is 154 g/mol. The highest BCUT2D eigenvalue weighted by atomic mass is 16.2. The van der Waals surface area contributed by atoms with Crippen LogP contribution in [0.4, 0.5) is 0 Å². The van der Waals surface area contributed by atoms with Crippen molar-refractivity contribution in [2.75, 3.05) is 19.6 Å². The summed E-state index contributed by atoms with van der Waals surface area (Å²) in [6.45, 7) is 5.70. The SMILES string of the molecule is C=CC1CC(=O)N(CCN)C1. The van der Waals surface area contributed by atoms with Gasteiger partial charge in [0.2, 0.25) is 5.91 Å². The Morgan fingerprint density at radius 1 is 1.82 bits per heavy atom. The zero-order valence-electron chi connectivity index (χ0n) is 6.62. The first-order valence-electron chi connectivity index (χ1n) is 3.88. The Morgan fingerprint density at radius 3 is 3.00 bits per heavy atom. The molecule has 3 nitrogen and oxygen atoms in total. The van der Waals surface area contributed by atoms with Crippen LogP contribution in [0.5, 0.6) is 0 Å². The van der Waals surface area contributed by atoms with E-state index < -0.39 is 0 Å². The summed E-state index contributed by atoms with van der Waals surface area (Å²) in [4.78, 5) is 13.0. The van der Waals surface area contributed by atoms with Crippen molar-refractivity contribution in [2.24, 2.45) is 11.7 Å². The first-order chi connectivity index (χ1) is 5.27. The number of rotatable bonds is 3. The topological polar surface area (TPSA) is 46.3 Å². The van der Waals surface area contributed by atoms with Gasteiger partial charge in [-0.05, 0) is 0 Å². The molecule has 0 bridgehead atoms. The maximum atomic E-state index is 11.2. The number of hydrogen-bond acceptors (Lipinski definition) is 2. The molecule has 0 aromatic carbocycles. The number of nitrogens with two attached hydrogens (primary N) is 1. The summed E-state index contributed by atoms with van der Waals surface area (Å²) in [5.41, 5.74) is 5.34. The Bertz CT molecular complexity index is 167. The minimum absolute atomic E-state index is 0.209. The van der Waals surface area contributed by atoms with E-state index in [1.165, 1.54) is 0 Å². The molecule has 3 heteroatoms. The second kappa shape index (κ2) is 3.53. The van der Waals surface area contributed by atoms with Crippen molar-refractivity contribution in [3.63, 3.8) is 0 Å². The van der Waals surface area contributed by atoms with Gasteiger partial charge < -0.3 is 10.6 Å². The third-order valence-electron chi connectivity index (χ3n) is 1.98. The van der Waals surface area contributed by atoms with Gasteiger partial charge in [0.1, 0.15) is 0 Å². The lowest BCUT2D eigenvalue weighted by Gasteiger charge is -2.13. The minimum atomic E-state index is 0.209.